The Balaban J connectivity index is 4.95. The number of carbonyl (C=O) groups is 1. The zero-order chi connectivity index (χ0) is 13.4. The van der Waals surface area contributed by atoms with E-state index in [4.69, 9.17) is 29.8 Å². The molecule has 0 saturated carbocycles. The van der Waals surface area contributed by atoms with Crippen molar-refractivity contribution in [3.8, 4) is 0 Å². The molecule has 0 amide bonds. The van der Waals surface area contributed by atoms with Gasteiger partial charge in [0.15, 0.2) is 6.10 Å². The maximum atomic E-state index is 11.0. The quantitative estimate of drug-likeness (QED) is 0.547. The Hall–Kier alpha value is -0.730. The number of ether oxygens (including phenoxy) is 4. The number of hydrogen-bond acceptors (Lipinski definition) is 6. The van der Waals surface area contributed by atoms with E-state index in [1.165, 1.54) is 28.4 Å². The van der Waals surface area contributed by atoms with Gasteiger partial charge in [0, 0.05) is 35.0 Å². The van der Waals surface area contributed by atoms with Crippen molar-refractivity contribution >= 4 is 5.97 Å². The second kappa shape index (κ2) is 8.37. The lowest BCUT2D eigenvalue weighted by Crippen LogP contribution is -2.52. The van der Waals surface area contributed by atoms with Crippen LogP contribution < -0.4 is 5.73 Å². The summed E-state index contributed by atoms with van der Waals surface area (Å²) in [6.07, 6.45) is -3.05. The van der Waals surface area contributed by atoms with Crippen LogP contribution in [0.3, 0.4) is 0 Å². The van der Waals surface area contributed by atoms with E-state index in [1.807, 2.05) is 0 Å². The smallest absolute Gasteiger partial charge is 0.335 e. The molecule has 0 aromatic carbocycles. The number of aliphatic carboxylic acids is 1. The first-order chi connectivity index (χ1) is 8.06. The van der Waals surface area contributed by atoms with Gasteiger partial charge in [-0.25, -0.2) is 4.79 Å². The van der Waals surface area contributed by atoms with Crippen LogP contribution in [0.15, 0.2) is 0 Å². The van der Waals surface area contributed by atoms with Gasteiger partial charge in [-0.2, -0.15) is 0 Å². The summed E-state index contributed by atoms with van der Waals surface area (Å²) in [5, 5.41) is 9.01. The van der Waals surface area contributed by atoms with Crippen LogP contribution >= 0.6 is 0 Å². The van der Waals surface area contributed by atoms with Gasteiger partial charge in [-0.1, -0.05) is 0 Å². The third-order valence-corrected chi connectivity index (χ3v) is 2.57. The van der Waals surface area contributed by atoms with Crippen molar-refractivity contribution in [2.75, 3.05) is 35.0 Å². The first-order valence-electron chi connectivity index (χ1n) is 5.11. The predicted molar refractivity (Wildman–Crippen MR) is 59.9 cm³/mol. The average Bonchev–Trinajstić information content (AvgIpc) is 2.33. The Morgan fingerprint density at radius 1 is 1.06 bits per heavy atom. The average molecular weight is 251 g/mol. The van der Waals surface area contributed by atoms with Crippen molar-refractivity contribution in [1.82, 2.24) is 0 Å². The molecule has 7 nitrogen and oxygen atoms in total. The molecule has 3 N–H and O–H groups in total. The maximum absolute atomic E-state index is 11.0. The summed E-state index contributed by atoms with van der Waals surface area (Å²) in [5.41, 5.74) is 5.52. The molecule has 0 aliphatic heterocycles. The first kappa shape index (κ1) is 16.3. The third-order valence-electron chi connectivity index (χ3n) is 2.57. The van der Waals surface area contributed by atoms with Crippen molar-refractivity contribution in [2.45, 2.75) is 24.4 Å². The van der Waals surface area contributed by atoms with E-state index >= 15 is 0 Å². The maximum Gasteiger partial charge on any atom is 0.335 e. The van der Waals surface area contributed by atoms with Crippen LogP contribution in [0.1, 0.15) is 0 Å². The molecular weight excluding hydrogens is 230 g/mol. The second-order valence-electron chi connectivity index (χ2n) is 3.41. The van der Waals surface area contributed by atoms with Gasteiger partial charge in [0.05, 0.1) is 6.10 Å². The summed E-state index contributed by atoms with van der Waals surface area (Å²) >= 11 is 0. The lowest BCUT2D eigenvalue weighted by Gasteiger charge is -2.32. The zero-order valence-electron chi connectivity index (χ0n) is 10.6. The summed E-state index contributed by atoms with van der Waals surface area (Å²) in [6.45, 7) is 0.185. The van der Waals surface area contributed by atoms with Gasteiger partial charge >= 0.3 is 5.97 Å². The molecule has 0 heterocycles. The molecule has 0 fully saturated rings. The van der Waals surface area contributed by atoms with E-state index in [1.54, 1.807) is 0 Å². The normalized spacial score (nSPS) is 18.4. The number of rotatable bonds is 9. The highest BCUT2D eigenvalue weighted by atomic mass is 16.6. The minimum Gasteiger partial charge on any atom is -0.479 e. The Kier molecular flexibility index (Phi) is 8.01. The fourth-order valence-corrected chi connectivity index (χ4v) is 1.67. The molecule has 0 aliphatic rings. The van der Waals surface area contributed by atoms with Crippen molar-refractivity contribution < 1.29 is 28.8 Å². The van der Waals surface area contributed by atoms with Crippen LogP contribution in [0, 0.1) is 0 Å². The molecule has 0 bridgehead atoms. The zero-order valence-corrected chi connectivity index (χ0v) is 10.6. The molecule has 0 saturated heterocycles. The fraction of sp³-hybridized carbons (Fsp3) is 0.900. The molecule has 7 heteroatoms. The molecule has 4 atom stereocenters. The number of nitrogens with two attached hydrogens (primary N) is 1. The Morgan fingerprint density at radius 3 is 1.82 bits per heavy atom. The summed E-state index contributed by atoms with van der Waals surface area (Å²) in [5.74, 6) is -1.13. The van der Waals surface area contributed by atoms with Crippen molar-refractivity contribution in [2.24, 2.45) is 5.73 Å². The number of carboxylic acids is 1. The second-order valence-corrected chi connectivity index (χ2v) is 3.41. The monoisotopic (exact) mass is 251 g/mol. The van der Waals surface area contributed by atoms with E-state index in [0.717, 1.165) is 0 Å². The van der Waals surface area contributed by atoms with Crippen LogP contribution in [0.2, 0.25) is 0 Å². The van der Waals surface area contributed by atoms with Crippen LogP contribution in [-0.4, -0.2) is 70.5 Å². The number of carboxylic acid groups (broad SMARTS) is 1. The predicted octanol–water partition coefficient (Wildman–Crippen LogP) is -0.910. The van der Waals surface area contributed by atoms with E-state index in [2.05, 4.69) is 0 Å². The van der Waals surface area contributed by atoms with E-state index < -0.39 is 30.4 Å². The largest absolute Gasteiger partial charge is 0.479 e. The minimum atomic E-state index is -1.14. The van der Waals surface area contributed by atoms with Crippen LogP contribution in [-0.2, 0) is 23.7 Å². The summed E-state index contributed by atoms with van der Waals surface area (Å²) < 4.78 is 20.4. The summed E-state index contributed by atoms with van der Waals surface area (Å²) in [7, 11) is 5.59. The highest BCUT2D eigenvalue weighted by molar-refractivity contribution is 5.73. The van der Waals surface area contributed by atoms with Gasteiger partial charge in [0.2, 0.25) is 0 Å². The molecular formula is C10H21NO6. The Morgan fingerprint density at radius 2 is 1.59 bits per heavy atom. The molecule has 102 valence electrons. The van der Waals surface area contributed by atoms with E-state index in [0.29, 0.717) is 0 Å². The lowest BCUT2D eigenvalue weighted by atomic mass is 10.0. The highest BCUT2D eigenvalue weighted by Gasteiger charge is 2.39. The van der Waals surface area contributed by atoms with Crippen molar-refractivity contribution in [3.63, 3.8) is 0 Å². The summed E-state index contributed by atoms with van der Waals surface area (Å²) in [6, 6.07) is 0. The molecule has 0 aromatic rings. The molecule has 0 radical (unpaired) electrons. The summed E-state index contributed by atoms with van der Waals surface area (Å²) in [4.78, 5) is 11.0. The molecule has 0 aliphatic carbocycles. The molecule has 0 spiro atoms. The fourth-order valence-electron chi connectivity index (χ4n) is 1.67. The van der Waals surface area contributed by atoms with E-state index in [-0.39, 0.29) is 6.54 Å². The molecule has 0 rings (SSSR count). The molecule has 0 aromatic heterocycles. The highest BCUT2D eigenvalue weighted by Crippen LogP contribution is 2.15. The minimum absolute atomic E-state index is 0.185. The van der Waals surface area contributed by atoms with Gasteiger partial charge < -0.3 is 29.8 Å². The SMILES string of the molecule is CO[C@@H]([C@H](OC)[C@@H](OC)C(=O)O)[C@@H](CN)OC. The molecule has 17 heavy (non-hydrogen) atoms. The van der Waals surface area contributed by atoms with Gasteiger partial charge in [0.1, 0.15) is 12.2 Å². The Bertz CT molecular complexity index is 221. The number of methoxy groups -OCH3 is 4. The van der Waals surface area contributed by atoms with Crippen LogP contribution in [0.4, 0.5) is 0 Å². The third kappa shape index (κ3) is 4.21. The van der Waals surface area contributed by atoms with Crippen LogP contribution in [0.5, 0.6) is 0 Å². The van der Waals surface area contributed by atoms with Crippen molar-refractivity contribution in [3.05, 3.63) is 0 Å². The Labute approximate surface area is 101 Å². The van der Waals surface area contributed by atoms with Gasteiger partial charge in [-0.15, -0.1) is 0 Å². The van der Waals surface area contributed by atoms with Crippen molar-refractivity contribution in [1.29, 1.82) is 0 Å². The standard InChI is InChI=1S/C10H21NO6/c1-14-6(5-11)7(15-2)8(16-3)9(17-4)10(12)13/h6-9H,5,11H2,1-4H3,(H,12,13)/t6-,7-,8+,9-/m1/s1. The van der Waals surface area contributed by atoms with Gasteiger partial charge in [-0.05, 0) is 0 Å². The van der Waals surface area contributed by atoms with Gasteiger partial charge in [0.25, 0.3) is 0 Å². The topological polar surface area (TPSA) is 100 Å². The lowest BCUT2D eigenvalue weighted by molar-refractivity contribution is -0.176. The molecule has 0 unspecified atom stereocenters. The first-order valence-corrected chi connectivity index (χ1v) is 5.11. The van der Waals surface area contributed by atoms with Gasteiger partial charge in [-0.3, -0.25) is 0 Å². The van der Waals surface area contributed by atoms with E-state index in [9.17, 15) is 4.79 Å². The van der Waals surface area contributed by atoms with Crippen LogP contribution in [0.25, 0.3) is 0 Å². The number of hydrogen-bond donors (Lipinski definition) is 2.